The highest BCUT2D eigenvalue weighted by molar-refractivity contribution is 6.03. The Morgan fingerprint density at radius 1 is 0.397 bits per heavy atom. The normalized spacial score (nSPS) is 13.8. The van der Waals surface area contributed by atoms with Crippen LogP contribution < -0.4 is 11.1 Å². The lowest BCUT2D eigenvalue weighted by molar-refractivity contribution is 0.0674. The second-order valence-corrected chi connectivity index (χ2v) is 33.5. The van der Waals surface area contributed by atoms with Gasteiger partial charge in [-0.3, -0.25) is 37.9 Å². The van der Waals surface area contributed by atoms with Crippen molar-refractivity contribution in [1.82, 2.24) is 28.7 Å². The van der Waals surface area contributed by atoms with Crippen molar-refractivity contribution in [2.45, 2.75) is 343 Å². The minimum atomic E-state index is -0.928. The minimum Gasteiger partial charge on any atom is -0.503 e. The number of hydrogen-bond donors (Lipinski definition) is 2. The molecule has 0 saturated carbocycles. The third-order valence-electron chi connectivity index (χ3n) is 24.8. The van der Waals surface area contributed by atoms with Gasteiger partial charge in [0.15, 0.2) is 11.6 Å². The summed E-state index contributed by atoms with van der Waals surface area (Å²) in [6.45, 7) is 49.2. The first kappa shape index (κ1) is 100. The van der Waals surface area contributed by atoms with Crippen molar-refractivity contribution < 1.29 is 29.4 Å². The molecule has 4 amide bonds. The van der Waals surface area contributed by atoms with Gasteiger partial charge in [0, 0.05) is 82.1 Å². The lowest BCUT2D eigenvalue weighted by atomic mass is 9.94. The summed E-state index contributed by atoms with van der Waals surface area (Å²) in [7, 11) is 0. The molecule has 2 aromatic carbocycles. The number of rotatable bonds is 59. The van der Waals surface area contributed by atoms with E-state index in [4.69, 9.17) is 16.8 Å². The first-order chi connectivity index (χ1) is 55.9. The summed E-state index contributed by atoms with van der Waals surface area (Å²) in [6, 6.07) is 12.0. The maximum atomic E-state index is 15.7. The van der Waals surface area contributed by atoms with E-state index in [1.54, 1.807) is 36.4 Å². The minimum absolute atomic E-state index is 0.0175. The Balaban J connectivity index is 2.09. The predicted molar refractivity (Wildman–Crippen MR) is 476 cm³/mol. The van der Waals surface area contributed by atoms with Gasteiger partial charge in [0.1, 0.15) is 17.3 Å². The van der Waals surface area contributed by atoms with Crippen LogP contribution in [0.4, 0.5) is 28.4 Å². The molecule has 2 aromatic heterocycles. The topological polar surface area (TPSA) is 243 Å². The molecule has 0 saturated heterocycles. The molecular weight excluding hydrogens is 1450 g/mol. The van der Waals surface area contributed by atoms with Crippen molar-refractivity contribution in [2.24, 2.45) is 67.8 Å². The molecule has 2 N–H and O–H groups in total. The molecule has 116 heavy (non-hydrogen) atoms. The molecule has 4 rings (SSSR count). The fourth-order valence-corrected chi connectivity index (χ4v) is 16.3. The first-order valence-corrected chi connectivity index (χ1v) is 45.9. The number of carbonyl (C=O) groups excluding carboxylic acids is 4. The van der Waals surface area contributed by atoms with Gasteiger partial charge < -0.3 is 29.8 Å². The zero-order valence-electron chi connectivity index (χ0n) is 75.5. The van der Waals surface area contributed by atoms with Crippen LogP contribution in [-0.2, 0) is 13.1 Å². The third kappa shape index (κ3) is 30.1. The van der Waals surface area contributed by atoms with E-state index in [1.165, 1.54) is 13.8 Å². The van der Waals surface area contributed by atoms with Crippen LogP contribution in [0.15, 0.2) is 66.4 Å². The van der Waals surface area contributed by atoms with Crippen LogP contribution in [0.2, 0.25) is 0 Å². The Kier molecular flexibility index (Phi) is 47.5. The van der Waals surface area contributed by atoms with Gasteiger partial charge in [-0.05, 0) is 155 Å². The number of unbranched alkanes of at least 4 members (excludes halogenated alkanes) is 8. The summed E-state index contributed by atoms with van der Waals surface area (Å²) < 4.78 is 1.72. The number of aromatic hydroxyl groups is 2. The number of azo groups is 2. The fraction of sp³-hybridized carbons (Fsp3) is 0.708. The van der Waals surface area contributed by atoms with Crippen LogP contribution in [0, 0.1) is 79.1 Å². The monoisotopic (exact) mass is 1600 g/mol. The molecule has 8 atom stereocenters. The van der Waals surface area contributed by atoms with Crippen LogP contribution in [0.5, 0.6) is 11.8 Å². The van der Waals surface area contributed by atoms with E-state index in [1.807, 2.05) is 25.7 Å². The SMILES string of the molecule is [C-]#[N+]c1c(C)c(N=Nc2cc(C(=O)N(CC(CC)CCCC)CC(CC)CCCC)ccc2C(=O)N(CC(CC)CCCC)CC(CC)CCCC)c(=O)n(CCn2c(O)c(C#N)c(C)c(N=Nc3cc(C(=O)N(CC(CC)CCCC)CC(CC)CCCC)ccc3C(=O)N(CC(CC)CCCC)CC(CC)CCCC)c2=O)c1O. The van der Waals surface area contributed by atoms with Gasteiger partial charge in [-0.2, -0.15) is 5.26 Å². The summed E-state index contributed by atoms with van der Waals surface area (Å²) in [4.78, 5) is 104. The average molecular weight is 1600 g/mol. The number of carbonyl (C=O) groups is 4. The third-order valence-corrected chi connectivity index (χ3v) is 24.8. The van der Waals surface area contributed by atoms with E-state index in [0.717, 1.165) is 215 Å². The molecule has 0 spiro atoms. The Bertz CT molecular complexity index is 3600. The molecule has 0 aliphatic carbocycles. The highest BCUT2D eigenvalue weighted by atomic mass is 16.3. The van der Waals surface area contributed by atoms with Crippen molar-refractivity contribution in [2.75, 3.05) is 52.4 Å². The van der Waals surface area contributed by atoms with Crippen LogP contribution in [0.3, 0.4) is 0 Å². The van der Waals surface area contributed by atoms with Gasteiger partial charge >= 0.3 is 0 Å². The molecule has 20 nitrogen and oxygen atoms in total. The van der Waals surface area contributed by atoms with Crippen LogP contribution in [0.25, 0.3) is 4.85 Å². The zero-order chi connectivity index (χ0) is 85.8. The molecule has 0 radical (unpaired) electrons. The molecule has 0 fully saturated rings. The predicted octanol–water partition coefficient (Wildman–Crippen LogP) is 25.5. The van der Waals surface area contributed by atoms with Crippen molar-refractivity contribution in [3.8, 4) is 17.8 Å². The van der Waals surface area contributed by atoms with Gasteiger partial charge in [0.2, 0.25) is 11.6 Å². The van der Waals surface area contributed by atoms with Gasteiger partial charge in [-0.15, -0.1) is 20.5 Å². The van der Waals surface area contributed by atoms with Crippen LogP contribution >= 0.6 is 0 Å². The lowest BCUT2D eigenvalue weighted by Gasteiger charge is -2.32. The lowest BCUT2D eigenvalue weighted by Crippen LogP contribution is -2.39. The van der Waals surface area contributed by atoms with E-state index in [9.17, 15) is 15.5 Å². The van der Waals surface area contributed by atoms with Gasteiger partial charge in [-0.1, -0.05) is 265 Å². The summed E-state index contributed by atoms with van der Waals surface area (Å²) >= 11 is 0. The van der Waals surface area contributed by atoms with Gasteiger partial charge in [0.05, 0.1) is 29.1 Å². The number of pyridine rings is 2. The van der Waals surface area contributed by atoms with Crippen LogP contribution in [0.1, 0.15) is 374 Å². The Labute approximate surface area is 700 Å². The zero-order valence-corrected chi connectivity index (χ0v) is 75.5. The Morgan fingerprint density at radius 3 is 0.888 bits per heavy atom. The second-order valence-electron chi connectivity index (χ2n) is 33.5. The van der Waals surface area contributed by atoms with E-state index < -0.39 is 36.0 Å². The smallest absolute Gasteiger partial charge is 0.281 e. The number of hydrogen-bond acceptors (Lipinski definition) is 13. The number of amides is 4. The number of aromatic nitrogens is 2. The molecule has 0 aliphatic heterocycles. The highest BCUT2D eigenvalue weighted by Crippen LogP contribution is 2.38. The van der Waals surface area contributed by atoms with Crippen molar-refractivity contribution in [3.05, 3.63) is 107 Å². The molecule has 8 unspecified atom stereocenters. The summed E-state index contributed by atoms with van der Waals surface area (Å²) in [6.07, 6.45) is 31.2. The molecule has 0 aliphatic rings. The summed E-state index contributed by atoms with van der Waals surface area (Å²) in [5.74, 6) is -0.519. The fourth-order valence-electron chi connectivity index (χ4n) is 16.3. The molecular formula is C96H154N12O8. The largest absolute Gasteiger partial charge is 0.503 e. The second kappa shape index (κ2) is 54.9. The maximum absolute atomic E-state index is 15.7. The molecule has 2 heterocycles. The summed E-state index contributed by atoms with van der Waals surface area (Å²) in [5.41, 5.74) is -2.21. The molecule has 4 aromatic rings. The molecule has 646 valence electrons. The maximum Gasteiger partial charge on any atom is 0.281 e. The van der Waals surface area contributed by atoms with Crippen molar-refractivity contribution in [1.29, 1.82) is 5.26 Å². The molecule has 0 bridgehead atoms. The first-order valence-electron chi connectivity index (χ1n) is 45.9. The summed E-state index contributed by atoms with van der Waals surface area (Å²) in [5, 5.41) is 53.7. The van der Waals surface area contributed by atoms with E-state index >= 15 is 28.8 Å². The van der Waals surface area contributed by atoms with Crippen molar-refractivity contribution >= 4 is 52.1 Å². The number of nitriles is 1. The number of nitrogens with zero attached hydrogens (tertiary/aromatic N) is 12. The van der Waals surface area contributed by atoms with E-state index in [0.29, 0.717) is 63.5 Å². The standard InChI is InChI=1S/C96H154N12O8/c1-20-36-44-71(28-9)61-103(62-72(29-10)45-37-21-2)89(109)79-52-54-81(91(111)105(65-75(32-13)48-40-24-5)66-76(33-14)49-41-25-6)84(58-79)99-101-87-69(17)83(60-97)93(113)107(95(87)115)56-57-108-94(114)86(98-19)70(18)88(96(108)116)102-100-85-59-80(90(110)104(63-73(30-11)46-38-22-3)64-74(31-12)47-39-23-4)53-55-82(85)92(112)106(67-77(34-15)50-42-26-7)68-78(35-16)51-43-27-8/h52-55,58-59,71-78,113-114H,20-51,56-57,61-68H2,1-18H3. The van der Waals surface area contributed by atoms with E-state index in [2.05, 4.69) is 126 Å². The van der Waals surface area contributed by atoms with E-state index in [-0.39, 0.29) is 127 Å². The Hall–Kier alpha value is -8.00. The van der Waals surface area contributed by atoms with Gasteiger partial charge in [-0.25, -0.2) is 4.85 Å². The van der Waals surface area contributed by atoms with Crippen molar-refractivity contribution in [3.63, 3.8) is 0 Å². The van der Waals surface area contributed by atoms with Gasteiger partial charge in [0.25, 0.3) is 34.7 Å². The van der Waals surface area contributed by atoms with Crippen LogP contribution in [-0.4, -0.2) is 115 Å². The Morgan fingerprint density at radius 2 is 0.647 bits per heavy atom. The number of benzene rings is 2. The average Bonchev–Trinajstić information content (AvgIpc) is 0.776. The molecule has 20 heteroatoms. The quantitative estimate of drug-likeness (QED) is 0.0315. The highest BCUT2D eigenvalue weighted by Gasteiger charge is 2.32.